The minimum atomic E-state index is -0.400. The number of hydrogen-bond donors (Lipinski definition) is 1. The molecule has 3 nitrogen and oxygen atoms in total. The van der Waals surface area contributed by atoms with E-state index in [2.05, 4.69) is 30.3 Å². The lowest BCUT2D eigenvalue weighted by Crippen LogP contribution is -2.41. The largest absolute Gasteiger partial charge is 0.340 e. The molecule has 0 saturated heterocycles. The van der Waals surface area contributed by atoms with E-state index in [1.165, 1.54) is 10.8 Å². The maximum Gasteiger partial charge on any atom is 0.239 e. The van der Waals surface area contributed by atoms with Crippen molar-refractivity contribution in [2.24, 2.45) is 5.73 Å². The zero-order valence-electron chi connectivity index (χ0n) is 12.6. The zero-order valence-corrected chi connectivity index (χ0v) is 13.4. The van der Waals surface area contributed by atoms with Gasteiger partial charge >= 0.3 is 0 Å². The van der Waals surface area contributed by atoms with Gasteiger partial charge in [0.05, 0.1) is 6.04 Å². The van der Waals surface area contributed by atoms with Crippen LogP contribution in [0.15, 0.2) is 42.5 Å². The Balaban J connectivity index is 2.03. The Morgan fingerprint density at radius 2 is 1.95 bits per heavy atom. The maximum absolute atomic E-state index is 12.2. The third-order valence-electron chi connectivity index (χ3n) is 3.56. The van der Waals surface area contributed by atoms with Crippen molar-refractivity contribution >= 4 is 28.4 Å². The van der Waals surface area contributed by atoms with Crippen LogP contribution in [-0.2, 0) is 11.3 Å². The van der Waals surface area contributed by atoms with E-state index in [-0.39, 0.29) is 5.91 Å². The van der Waals surface area contributed by atoms with E-state index in [0.717, 1.165) is 17.7 Å². The number of carbonyl (C=O) groups is 1. The summed E-state index contributed by atoms with van der Waals surface area (Å²) in [4.78, 5) is 13.9. The lowest BCUT2D eigenvalue weighted by molar-refractivity contribution is -0.131. The molecule has 112 valence electrons. The molecule has 2 rings (SSSR count). The summed E-state index contributed by atoms with van der Waals surface area (Å²) in [6.07, 6.45) is 2.75. The smallest absolute Gasteiger partial charge is 0.239 e. The van der Waals surface area contributed by atoms with E-state index in [9.17, 15) is 4.79 Å². The molecule has 0 bridgehead atoms. The number of thioether (sulfide) groups is 1. The van der Waals surface area contributed by atoms with Gasteiger partial charge in [0.25, 0.3) is 0 Å². The summed E-state index contributed by atoms with van der Waals surface area (Å²) in [6.45, 7) is 0.594. The molecule has 0 aliphatic heterocycles. The first-order chi connectivity index (χ1) is 10.1. The van der Waals surface area contributed by atoms with Gasteiger partial charge in [-0.25, -0.2) is 0 Å². The van der Waals surface area contributed by atoms with Crippen LogP contribution in [-0.4, -0.2) is 35.9 Å². The number of rotatable bonds is 6. The fourth-order valence-corrected chi connectivity index (χ4v) is 2.83. The number of nitrogens with zero attached hydrogens (tertiary/aromatic N) is 1. The highest BCUT2D eigenvalue weighted by Gasteiger charge is 2.17. The van der Waals surface area contributed by atoms with Crippen LogP contribution in [0.5, 0.6) is 0 Å². The molecule has 0 heterocycles. The molecule has 0 saturated carbocycles. The van der Waals surface area contributed by atoms with Crippen LogP contribution in [0.4, 0.5) is 0 Å². The first-order valence-electron chi connectivity index (χ1n) is 7.09. The topological polar surface area (TPSA) is 46.3 Å². The molecular formula is C17H22N2OS. The molecule has 0 fully saturated rings. The number of nitrogens with two attached hydrogens (primary N) is 1. The van der Waals surface area contributed by atoms with Crippen molar-refractivity contribution in [3.63, 3.8) is 0 Å². The Bertz CT molecular complexity index is 615. The van der Waals surface area contributed by atoms with Crippen molar-refractivity contribution in [3.05, 3.63) is 48.0 Å². The van der Waals surface area contributed by atoms with Gasteiger partial charge in [-0.1, -0.05) is 36.4 Å². The molecule has 2 aromatic carbocycles. The second-order valence-electron chi connectivity index (χ2n) is 5.26. The van der Waals surface area contributed by atoms with Crippen molar-refractivity contribution in [2.75, 3.05) is 19.1 Å². The fraction of sp³-hybridized carbons (Fsp3) is 0.353. The first kappa shape index (κ1) is 15.9. The van der Waals surface area contributed by atoms with Crippen LogP contribution in [0.2, 0.25) is 0 Å². The molecule has 2 aromatic rings. The van der Waals surface area contributed by atoms with E-state index in [4.69, 9.17) is 5.73 Å². The van der Waals surface area contributed by atoms with Crippen molar-refractivity contribution in [1.82, 2.24) is 4.90 Å². The van der Waals surface area contributed by atoms with Crippen LogP contribution >= 0.6 is 11.8 Å². The van der Waals surface area contributed by atoms with Gasteiger partial charge in [0, 0.05) is 13.6 Å². The molecule has 0 spiro atoms. The van der Waals surface area contributed by atoms with Gasteiger partial charge < -0.3 is 10.6 Å². The van der Waals surface area contributed by atoms with Crippen LogP contribution in [0.3, 0.4) is 0 Å². The average molecular weight is 302 g/mol. The minimum Gasteiger partial charge on any atom is -0.340 e. The number of hydrogen-bond acceptors (Lipinski definition) is 3. The predicted molar refractivity (Wildman–Crippen MR) is 91.4 cm³/mol. The van der Waals surface area contributed by atoms with Crippen molar-refractivity contribution in [3.8, 4) is 0 Å². The predicted octanol–water partition coefficient (Wildman–Crippen LogP) is 2.88. The molecule has 0 aliphatic rings. The second kappa shape index (κ2) is 7.48. The fourth-order valence-electron chi connectivity index (χ4n) is 2.34. The van der Waals surface area contributed by atoms with Gasteiger partial charge in [0.15, 0.2) is 0 Å². The lowest BCUT2D eigenvalue weighted by Gasteiger charge is -2.21. The highest BCUT2D eigenvalue weighted by atomic mass is 32.2. The SMILES string of the molecule is CSCC[C@@H](N)C(=O)N(C)Cc1ccc2ccccc2c1. The van der Waals surface area contributed by atoms with Gasteiger partial charge in [0.2, 0.25) is 5.91 Å². The van der Waals surface area contributed by atoms with Gasteiger partial charge in [-0.05, 0) is 40.8 Å². The highest BCUT2D eigenvalue weighted by Crippen LogP contribution is 2.16. The third-order valence-corrected chi connectivity index (χ3v) is 4.20. The summed E-state index contributed by atoms with van der Waals surface area (Å²) in [5.41, 5.74) is 7.07. The summed E-state index contributed by atoms with van der Waals surface area (Å²) in [7, 11) is 1.82. The van der Waals surface area contributed by atoms with Crippen LogP contribution in [0.25, 0.3) is 10.8 Å². The number of fused-ring (bicyclic) bond motifs is 1. The Kier molecular flexibility index (Phi) is 5.65. The normalized spacial score (nSPS) is 12.3. The zero-order chi connectivity index (χ0) is 15.2. The number of amides is 1. The number of carbonyl (C=O) groups excluding carboxylic acids is 1. The van der Waals surface area contributed by atoms with Gasteiger partial charge in [-0.2, -0.15) is 11.8 Å². The second-order valence-corrected chi connectivity index (χ2v) is 6.25. The molecule has 2 N–H and O–H groups in total. The quantitative estimate of drug-likeness (QED) is 0.892. The first-order valence-corrected chi connectivity index (χ1v) is 8.48. The summed E-state index contributed by atoms with van der Waals surface area (Å²) < 4.78 is 0. The van der Waals surface area contributed by atoms with E-state index in [0.29, 0.717) is 6.54 Å². The monoisotopic (exact) mass is 302 g/mol. The van der Waals surface area contributed by atoms with Gasteiger partial charge in [-0.15, -0.1) is 0 Å². The van der Waals surface area contributed by atoms with Crippen molar-refractivity contribution in [2.45, 2.75) is 19.0 Å². The van der Waals surface area contributed by atoms with E-state index >= 15 is 0 Å². The number of likely N-dealkylation sites (N-methyl/N-ethyl adjacent to an activating group) is 1. The summed E-state index contributed by atoms with van der Waals surface area (Å²) in [5.74, 6) is 0.925. The summed E-state index contributed by atoms with van der Waals surface area (Å²) >= 11 is 1.71. The van der Waals surface area contributed by atoms with Crippen molar-refractivity contribution < 1.29 is 4.79 Å². The molecule has 0 unspecified atom stereocenters. The molecule has 21 heavy (non-hydrogen) atoms. The number of benzene rings is 2. The van der Waals surface area contributed by atoms with Crippen LogP contribution in [0, 0.1) is 0 Å². The van der Waals surface area contributed by atoms with E-state index < -0.39 is 6.04 Å². The average Bonchev–Trinajstić information content (AvgIpc) is 2.51. The molecule has 0 aliphatic carbocycles. The molecule has 1 atom stereocenters. The lowest BCUT2D eigenvalue weighted by atomic mass is 10.1. The molecular weight excluding hydrogens is 280 g/mol. The Morgan fingerprint density at radius 1 is 1.24 bits per heavy atom. The molecule has 0 aromatic heterocycles. The van der Waals surface area contributed by atoms with Crippen molar-refractivity contribution in [1.29, 1.82) is 0 Å². The maximum atomic E-state index is 12.2. The van der Waals surface area contributed by atoms with E-state index in [1.54, 1.807) is 16.7 Å². The summed E-state index contributed by atoms with van der Waals surface area (Å²) in [6, 6.07) is 14.1. The Labute approximate surface area is 130 Å². The summed E-state index contributed by atoms with van der Waals surface area (Å²) in [5, 5.41) is 2.41. The van der Waals surface area contributed by atoms with Gasteiger partial charge in [-0.3, -0.25) is 4.79 Å². The highest BCUT2D eigenvalue weighted by molar-refractivity contribution is 7.98. The standard InChI is InChI=1S/C17H22N2OS/c1-19(17(20)16(18)9-10-21-2)12-13-7-8-14-5-3-4-6-15(14)11-13/h3-8,11,16H,9-10,12,18H2,1-2H3/t16-/m1/s1. The molecule has 4 heteroatoms. The Morgan fingerprint density at radius 3 is 2.67 bits per heavy atom. The Hall–Kier alpha value is -1.52. The van der Waals surface area contributed by atoms with Gasteiger partial charge in [0.1, 0.15) is 0 Å². The van der Waals surface area contributed by atoms with Crippen LogP contribution in [0.1, 0.15) is 12.0 Å². The third kappa shape index (κ3) is 4.22. The van der Waals surface area contributed by atoms with Crippen LogP contribution < -0.4 is 5.73 Å². The molecule has 1 amide bonds. The molecule has 0 radical (unpaired) electrons. The minimum absolute atomic E-state index is 0.0113. The van der Waals surface area contributed by atoms with E-state index in [1.807, 2.05) is 25.4 Å².